The lowest BCUT2D eigenvalue weighted by Gasteiger charge is -2.08. The number of aliphatic hydroxyl groups excluding tert-OH is 1. The lowest BCUT2D eigenvalue weighted by Crippen LogP contribution is -2.26. The minimum absolute atomic E-state index is 0.0635. The number of hydrogen-bond acceptors (Lipinski definition) is 4. The van der Waals surface area contributed by atoms with Crippen LogP contribution in [0, 0.1) is 11.7 Å². The molecule has 0 aliphatic carbocycles. The highest BCUT2D eigenvalue weighted by Gasteiger charge is 2.10. The molecule has 0 aliphatic rings. The Bertz CT molecular complexity index is 676. The zero-order valence-electron chi connectivity index (χ0n) is 12.5. The van der Waals surface area contributed by atoms with Crippen LogP contribution < -0.4 is 5.32 Å². The first kappa shape index (κ1) is 16.4. The third-order valence-electron chi connectivity index (χ3n) is 3.29. The molecule has 22 heavy (non-hydrogen) atoms. The average Bonchev–Trinajstić information content (AvgIpc) is 2.87. The van der Waals surface area contributed by atoms with Gasteiger partial charge in [-0.1, -0.05) is 29.8 Å². The zero-order valence-corrected chi connectivity index (χ0v) is 13.3. The first-order chi connectivity index (χ1) is 10.6. The molecule has 1 aromatic carbocycles. The molecule has 0 saturated carbocycles. The van der Waals surface area contributed by atoms with Crippen molar-refractivity contribution in [2.75, 3.05) is 13.2 Å². The SMILES string of the molecule is Cc1ccc(-c2n[nH]c(=S)n2CCC(=O)NCCCO)cc1. The minimum Gasteiger partial charge on any atom is -0.396 e. The molecule has 118 valence electrons. The van der Waals surface area contributed by atoms with Crippen molar-refractivity contribution >= 4 is 18.1 Å². The van der Waals surface area contributed by atoms with Crippen molar-refractivity contribution in [2.24, 2.45) is 0 Å². The standard InChI is InChI=1S/C15H20N4O2S/c1-11-3-5-12(6-4-11)14-17-18-15(22)19(14)9-7-13(21)16-8-2-10-20/h3-6,20H,2,7-10H2,1H3,(H,16,21)(H,18,22). The number of benzene rings is 1. The number of aryl methyl sites for hydroxylation is 1. The molecule has 0 fully saturated rings. The Morgan fingerprint density at radius 3 is 2.82 bits per heavy atom. The van der Waals surface area contributed by atoms with Crippen LogP contribution in [0.25, 0.3) is 11.4 Å². The molecule has 0 radical (unpaired) electrons. The molecule has 0 aliphatic heterocycles. The van der Waals surface area contributed by atoms with Gasteiger partial charge in [0.15, 0.2) is 10.6 Å². The molecule has 6 nitrogen and oxygen atoms in total. The van der Waals surface area contributed by atoms with Crippen LogP contribution >= 0.6 is 12.2 Å². The van der Waals surface area contributed by atoms with Gasteiger partial charge in [-0.3, -0.25) is 14.5 Å². The van der Waals surface area contributed by atoms with Gasteiger partial charge in [0.1, 0.15) is 0 Å². The highest BCUT2D eigenvalue weighted by atomic mass is 32.1. The normalized spacial score (nSPS) is 10.6. The van der Waals surface area contributed by atoms with Gasteiger partial charge in [-0.05, 0) is 25.6 Å². The molecule has 2 aromatic rings. The van der Waals surface area contributed by atoms with E-state index in [0.29, 0.717) is 30.7 Å². The summed E-state index contributed by atoms with van der Waals surface area (Å²) in [6.45, 7) is 3.04. The summed E-state index contributed by atoms with van der Waals surface area (Å²) in [6, 6.07) is 7.99. The van der Waals surface area contributed by atoms with Gasteiger partial charge in [-0.2, -0.15) is 5.10 Å². The summed E-state index contributed by atoms with van der Waals surface area (Å²) in [5, 5.41) is 18.5. The first-order valence-corrected chi connectivity index (χ1v) is 7.62. The van der Waals surface area contributed by atoms with Crippen LogP contribution in [-0.2, 0) is 11.3 Å². The maximum atomic E-state index is 11.7. The number of carbonyl (C=O) groups is 1. The van der Waals surface area contributed by atoms with E-state index in [9.17, 15) is 4.79 Å². The third kappa shape index (κ3) is 4.25. The number of aromatic amines is 1. The van der Waals surface area contributed by atoms with Crippen molar-refractivity contribution in [1.29, 1.82) is 0 Å². The largest absolute Gasteiger partial charge is 0.396 e. The Labute approximate surface area is 134 Å². The van der Waals surface area contributed by atoms with Gasteiger partial charge in [0.2, 0.25) is 5.91 Å². The van der Waals surface area contributed by atoms with Crippen molar-refractivity contribution < 1.29 is 9.90 Å². The van der Waals surface area contributed by atoms with Crippen molar-refractivity contribution in [1.82, 2.24) is 20.1 Å². The lowest BCUT2D eigenvalue weighted by molar-refractivity contribution is -0.121. The number of nitrogens with one attached hydrogen (secondary N) is 2. The fourth-order valence-corrected chi connectivity index (χ4v) is 2.28. The van der Waals surface area contributed by atoms with Crippen LogP contribution in [0.3, 0.4) is 0 Å². The fourth-order valence-electron chi connectivity index (χ4n) is 2.06. The third-order valence-corrected chi connectivity index (χ3v) is 3.60. The van der Waals surface area contributed by atoms with E-state index in [2.05, 4.69) is 15.5 Å². The van der Waals surface area contributed by atoms with E-state index in [-0.39, 0.29) is 12.5 Å². The maximum absolute atomic E-state index is 11.7. The Morgan fingerprint density at radius 1 is 1.41 bits per heavy atom. The molecule has 0 spiro atoms. The number of aliphatic hydroxyl groups is 1. The van der Waals surface area contributed by atoms with Crippen molar-refractivity contribution in [3.63, 3.8) is 0 Å². The van der Waals surface area contributed by atoms with Gasteiger partial charge in [0, 0.05) is 31.7 Å². The summed E-state index contributed by atoms with van der Waals surface area (Å²) < 4.78 is 2.32. The smallest absolute Gasteiger partial charge is 0.221 e. The number of nitrogens with zero attached hydrogens (tertiary/aromatic N) is 2. The van der Waals surface area contributed by atoms with E-state index >= 15 is 0 Å². The summed E-state index contributed by atoms with van der Waals surface area (Å²) in [6.07, 6.45) is 0.879. The molecule has 7 heteroatoms. The van der Waals surface area contributed by atoms with Gasteiger partial charge < -0.3 is 10.4 Å². The van der Waals surface area contributed by atoms with E-state index in [1.807, 2.05) is 35.8 Å². The van der Waals surface area contributed by atoms with Gasteiger partial charge in [0.25, 0.3) is 0 Å². The monoisotopic (exact) mass is 320 g/mol. The first-order valence-electron chi connectivity index (χ1n) is 7.21. The quantitative estimate of drug-likeness (QED) is 0.537. The molecule has 3 N–H and O–H groups in total. The van der Waals surface area contributed by atoms with Gasteiger partial charge in [-0.15, -0.1) is 0 Å². The summed E-state index contributed by atoms with van der Waals surface area (Å²) in [7, 11) is 0. The van der Waals surface area contributed by atoms with Crippen LogP contribution in [0.1, 0.15) is 18.4 Å². The fraction of sp³-hybridized carbons (Fsp3) is 0.400. The van der Waals surface area contributed by atoms with Crippen molar-refractivity contribution in [3.05, 3.63) is 34.6 Å². The summed E-state index contributed by atoms with van der Waals surface area (Å²) in [5.74, 6) is 0.666. The molecule has 0 bridgehead atoms. The Balaban J connectivity index is 2.05. The summed E-state index contributed by atoms with van der Waals surface area (Å²) in [4.78, 5) is 11.7. The molecule has 2 rings (SSSR count). The van der Waals surface area contributed by atoms with Crippen molar-refractivity contribution in [3.8, 4) is 11.4 Å². The molecular weight excluding hydrogens is 300 g/mol. The van der Waals surface area contributed by atoms with Crippen LogP contribution in [-0.4, -0.2) is 38.9 Å². The number of amides is 1. The molecule has 1 aromatic heterocycles. The van der Waals surface area contributed by atoms with Crippen molar-refractivity contribution in [2.45, 2.75) is 26.3 Å². The highest BCUT2D eigenvalue weighted by Crippen LogP contribution is 2.18. The second-order valence-electron chi connectivity index (χ2n) is 5.05. The minimum atomic E-state index is -0.0635. The Kier molecular flexibility index (Phi) is 5.85. The van der Waals surface area contributed by atoms with E-state index in [4.69, 9.17) is 17.3 Å². The predicted molar refractivity (Wildman–Crippen MR) is 86.9 cm³/mol. The van der Waals surface area contributed by atoms with Crippen LogP contribution in [0.2, 0.25) is 0 Å². The number of carbonyl (C=O) groups excluding carboxylic acids is 1. The lowest BCUT2D eigenvalue weighted by atomic mass is 10.1. The second-order valence-corrected chi connectivity index (χ2v) is 5.43. The molecule has 0 unspecified atom stereocenters. The van der Waals surface area contributed by atoms with Gasteiger partial charge in [0.05, 0.1) is 0 Å². The van der Waals surface area contributed by atoms with E-state index in [1.54, 1.807) is 0 Å². The summed E-state index contributed by atoms with van der Waals surface area (Å²) >= 11 is 5.24. The average molecular weight is 320 g/mol. The molecule has 0 saturated heterocycles. The molecular formula is C15H20N4O2S. The van der Waals surface area contributed by atoms with E-state index in [0.717, 1.165) is 11.4 Å². The number of H-pyrrole nitrogens is 1. The number of rotatable bonds is 7. The van der Waals surface area contributed by atoms with E-state index < -0.39 is 0 Å². The van der Waals surface area contributed by atoms with E-state index in [1.165, 1.54) is 5.56 Å². The van der Waals surface area contributed by atoms with Crippen LogP contribution in [0.5, 0.6) is 0 Å². The zero-order chi connectivity index (χ0) is 15.9. The van der Waals surface area contributed by atoms with Gasteiger partial charge >= 0.3 is 0 Å². The Hall–Kier alpha value is -1.99. The Morgan fingerprint density at radius 2 is 2.14 bits per heavy atom. The number of hydrogen-bond donors (Lipinski definition) is 3. The number of aromatic nitrogens is 3. The van der Waals surface area contributed by atoms with Gasteiger partial charge in [-0.25, -0.2) is 0 Å². The molecule has 1 heterocycles. The second kappa shape index (κ2) is 7.86. The molecule has 1 amide bonds. The van der Waals surface area contributed by atoms with Crippen LogP contribution in [0.15, 0.2) is 24.3 Å². The topological polar surface area (TPSA) is 82.9 Å². The maximum Gasteiger partial charge on any atom is 0.221 e. The van der Waals surface area contributed by atoms with Crippen LogP contribution in [0.4, 0.5) is 0 Å². The predicted octanol–water partition coefficient (Wildman–Crippen LogP) is 1.80. The molecule has 0 atom stereocenters. The highest BCUT2D eigenvalue weighted by molar-refractivity contribution is 7.71. The summed E-state index contributed by atoms with van der Waals surface area (Å²) in [5.41, 5.74) is 2.13.